The summed E-state index contributed by atoms with van der Waals surface area (Å²) in [5.74, 6) is 1.06. The molecule has 7 nitrogen and oxygen atoms in total. The van der Waals surface area contributed by atoms with Crippen molar-refractivity contribution in [1.29, 1.82) is 0 Å². The van der Waals surface area contributed by atoms with E-state index >= 15 is 0 Å². The third-order valence-corrected chi connectivity index (χ3v) is 2.36. The van der Waals surface area contributed by atoms with Gasteiger partial charge < -0.3 is 30.3 Å². The molecule has 1 aromatic carbocycles. The number of rotatable bonds is 6. The molecule has 0 radical (unpaired) electrons. The number of amides is 2. The molecule has 0 heterocycles. The van der Waals surface area contributed by atoms with Crippen LogP contribution in [0.2, 0.25) is 0 Å². The number of ether oxygens (including phenoxy) is 2. The van der Waals surface area contributed by atoms with Gasteiger partial charge in [0.15, 0.2) is 0 Å². The highest BCUT2D eigenvalue weighted by molar-refractivity contribution is 5.91. The minimum Gasteiger partial charge on any atom is -0.497 e. The zero-order chi connectivity index (χ0) is 14.3. The van der Waals surface area contributed by atoms with Gasteiger partial charge in [0.05, 0.1) is 32.6 Å². The van der Waals surface area contributed by atoms with Gasteiger partial charge in [-0.25, -0.2) is 4.79 Å². The maximum absolute atomic E-state index is 11.6. The Bertz CT molecular complexity index is 425. The smallest absolute Gasteiger partial charge is 0.319 e. The largest absolute Gasteiger partial charge is 0.497 e. The molecule has 1 rings (SSSR count). The molecule has 0 spiro atoms. The Morgan fingerprint density at radius 3 is 2.68 bits per heavy atom. The third-order valence-electron chi connectivity index (χ3n) is 2.36. The second-order valence-corrected chi connectivity index (χ2v) is 3.74. The third kappa shape index (κ3) is 4.65. The Balaban J connectivity index is 2.66. The molecule has 106 valence electrons. The van der Waals surface area contributed by atoms with E-state index in [0.717, 1.165) is 0 Å². The zero-order valence-corrected chi connectivity index (χ0v) is 10.8. The van der Waals surface area contributed by atoms with Crippen molar-refractivity contribution in [2.24, 2.45) is 0 Å². The average molecular weight is 270 g/mol. The van der Waals surface area contributed by atoms with Gasteiger partial charge in [-0.1, -0.05) is 0 Å². The van der Waals surface area contributed by atoms with E-state index in [0.29, 0.717) is 17.2 Å². The van der Waals surface area contributed by atoms with E-state index in [1.54, 1.807) is 18.2 Å². The molecule has 0 aliphatic heterocycles. The van der Waals surface area contributed by atoms with Gasteiger partial charge in [0.2, 0.25) is 0 Å². The van der Waals surface area contributed by atoms with Crippen LogP contribution < -0.4 is 20.1 Å². The van der Waals surface area contributed by atoms with E-state index in [1.165, 1.54) is 14.2 Å². The quantitative estimate of drug-likeness (QED) is 0.591. The first kappa shape index (κ1) is 15.1. The molecule has 0 aliphatic rings. The molecule has 0 saturated heterocycles. The van der Waals surface area contributed by atoms with Gasteiger partial charge in [0.25, 0.3) is 0 Å². The summed E-state index contributed by atoms with van der Waals surface area (Å²) in [6.45, 7) is -0.461. The van der Waals surface area contributed by atoms with Gasteiger partial charge in [0.1, 0.15) is 11.5 Å². The first-order chi connectivity index (χ1) is 9.10. The van der Waals surface area contributed by atoms with E-state index in [2.05, 4.69) is 10.6 Å². The Morgan fingerprint density at radius 2 is 2.11 bits per heavy atom. The molecule has 0 unspecified atom stereocenters. The minimum atomic E-state index is -0.988. The Kier molecular flexibility index (Phi) is 5.91. The Morgan fingerprint density at radius 1 is 1.37 bits per heavy atom. The molecule has 0 bridgehead atoms. The predicted octanol–water partition coefficient (Wildman–Crippen LogP) is 0.179. The van der Waals surface area contributed by atoms with Crippen molar-refractivity contribution < 1.29 is 24.5 Å². The van der Waals surface area contributed by atoms with Gasteiger partial charge in [-0.15, -0.1) is 0 Å². The fraction of sp³-hybridized carbons (Fsp3) is 0.417. The van der Waals surface area contributed by atoms with Crippen LogP contribution in [0.4, 0.5) is 10.5 Å². The monoisotopic (exact) mass is 270 g/mol. The highest BCUT2D eigenvalue weighted by atomic mass is 16.5. The number of hydrogen-bond donors (Lipinski definition) is 4. The first-order valence-corrected chi connectivity index (χ1v) is 5.66. The van der Waals surface area contributed by atoms with Crippen molar-refractivity contribution >= 4 is 11.7 Å². The summed E-state index contributed by atoms with van der Waals surface area (Å²) in [5, 5.41) is 22.7. The molecule has 19 heavy (non-hydrogen) atoms. The SMILES string of the molecule is COc1ccc(OC)c(NC(=O)NC[C@H](O)CO)c1. The number of aliphatic hydroxyl groups is 2. The molecule has 0 fully saturated rings. The van der Waals surface area contributed by atoms with Crippen LogP contribution >= 0.6 is 0 Å². The highest BCUT2D eigenvalue weighted by Gasteiger charge is 2.10. The number of hydrogen-bond acceptors (Lipinski definition) is 5. The molecule has 0 aromatic heterocycles. The van der Waals surface area contributed by atoms with E-state index in [4.69, 9.17) is 19.7 Å². The molecule has 2 amide bonds. The zero-order valence-electron chi connectivity index (χ0n) is 10.8. The van der Waals surface area contributed by atoms with E-state index < -0.39 is 18.7 Å². The number of aliphatic hydroxyl groups excluding tert-OH is 2. The summed E-state index contributed by atoms with van der Waals surface area (Å²) in [6.07, 6.45) is -0.988. The number of carbonyl (C=O) groups is 1. The van der Waals surface area contributed by atoms with Crippen LogP contribution in [-0.4, -0.2) is 49.7 Å². The summed E-state index contributed by atoms with van der Waals surface area (Å²) in [5.41, 5.74) is 0.442. The van der Waals surface area contributed by atoms with Gasteiger partial charge in [-0.2, -0.15) is 0 Å². The molecule has 1 aromatic rings. The second-order valence-electron chi connectivity index (χ2n) is 3.74. The fourth-order valence-electron chi connectivity index (χ4n) is 1.35. The van der Waals surface area contributed by atoms with E-state index in [9.17, 15) is 4.79 Å². The number of anilines is 1. The van der Waals surface area contributed by atoms with Gasteiger partial charge in [-0.05, 0) is 12.1 Å². The van der Waals surface area contributed by atoms with Crippen molar-refractivity contribution in [2.45, 2.75) is 6.10 Å². The molecular formula is C12H18N2O5. The number of urea groups is 1. The Labute approximate surface area is 111 Å². The maximum atomic E-state index is 11.6. The van der Waals surface area contributed by atoms with Crippen LogP contribution in [0.25, 0.3) is 0 Å². The van der Waals surface area contributed by atoms with Crippen LogP contribution in [0.15, 0.2) is 18.2 Å². The minimum absolute atomic E-state index is 0.0470. The highest BCUT2D eigenvalue weighted by Crippen LogP contribution is 2.28. The number of carbonyl (C=O) groups excluding carboxylic acids is 1. The number of benzene rings is 1. The van der Waals surface area contributed by atoms with Crippen molar-refractivity contribution in [3.63, 3.8) is 0 Å². The molecule has 7 heteroatoms. The van der Waals surface area contributed by atoms with E-state index in [1.807, 2.05) is 0 Å². The molecule has 4 N–H and O–H groups in total. The summed E-state index contributed by atoms with van der Waals surface area (Å²) in [7, 11) is 3.00. The molecule has 1 atom stereocenters. The number of methoxy groups -OCH3 is 2. The van der Waals surface area contributed by atoms with Crippen LogP contribution in [-0.2, 0) is 0 Å². The van der Waals surface area contributed by atoms with Gasteiger partial charge in [-0.3, -0.25) is 0 Å². The summed E-state index contributed by atoms with van der Waals surface area (Å²) < 4.78 is 10.2. The first-order valence-electron chi connectivity index (χ1n) is 5.66. The van der Waals surface area contributed by atoms with Crippen molar-refractivity contribution in [3.8, 4) is 11.5 Å². The average Bonchev–Trinajstić information content (AvgIpc) is 2.44. The summed E-state index contributed by atoms with van der Waals surface area (Å²) in [4.78, 5) is 11.6. The van der Waals surface area contributed by atoms with Crippen molar-refractivity contribution in [3.05, 3.63) is 18.2 Å². The second kappa shape index (κ2) is 7.45. The molecule has 0 saturated carbocycles. The summed E-state index contributed by atoms with van der Waals surface area (Å²) in [6, 6.07) is 4.47. The number of nitrogens with one attached hydrogen (secondary N) is 2. The topological polar surface area (TPSA) is 100 Å². The van der Waals surface area contributed by atoms with Gasteiger partial charge >= 0.3 is 6.03 Å². The van der Waals surface area contributed by atoms with Crippen LogP contribution in [0, 0.1) is 0 Å². The van der Waals surface area contributed by atoms with Crippen LogP contribution in [0.1, 0.15) is 0 Å². The predicted molar refractivity (Wildman–Crippen MR) is 69.7 cm³/mol. The lowest BCUT2D eigenvalue weighted by atomic mass is 10.2. The van der Waals surface area contributed by atoms with Crippen LogP contribution in [0.5, 0.6) is 11.5 Å². The van der Waals surface area contributed by atoms with Gasteiger partial charge in [0, 0.05) is 12.6 Å². The van der Waals surface area contributed by atoms with Crippen molar-refractivity contribution in [1.82, 2.24) is 5.32 Å². The lowest BCUT2D eigenvalue weighted by Gasteiger charge is -2.13. The molecular weight excluding hydrogens is 252 g/mol. The fourth-order valence-corrected chi connectivity index (χ4v) is 1.35. The maximum Gasteiger partial charge on any atom is 0.319 e. The lowest BCUT2D eigenvalue weighted by Crippen LogP contribution is -2.36. The normalized spacial score (nSPS) is 11.6. The molecule has 0 aliphatic carbocycles. The van der Waals surface area contributed by atoms with Crippen LogP contribution in [0.3, 0.4) is 0 Å². The Hall–Kier alpha value is -1.99. The van der Waals surface area contributed by atoms with E-state index in [-0.39, 0.29) is 6.54 Å². The summed E-state index contributed by atoms with van der Waals surface area (Å²) >= 11 is 0. The lowest BCUT2D eigenvalue weighted by molar-refractivity contribution is 0.0965. The van der Waals surface area contributed by atoms with Crippen molar-refractivity contribution in [2.75, 3.05) is 32.7 Å². The standard InChI is InChI=1S/C12H18N2O5/c1-18-9-3-4-11(19-2)10(5-9)14-12(17)13-6-8(16)7-15/h3-5,8,15-16H,6-7H2,1-2H3,(H2,13,14,17)/t8-/m0/s1.